The zero-order valence-corrected chi connectivity index (χ0v) is 13.1. The van der Waals surface area contributed by atoms with Crippen molar-refractivity contribution in [2.45, 2.75) is 25.9 Å². The van der Waals surface area contributed by atoms with E-state index in [1.165, 1.54) is 17.7 Å². The smallest absolute Gasteiger partial charge is 0.163 e. The minimum Gasteiger partial charge on any atom is -0.378 e. The van der Waals surface area contributed by atoms with Gasteiger partial charge < -0.3 is 4.74 Å². The fourth-order valence-corrected chi connectivity index (χ4v) is 3.31. The maximum Gasteiger partial charge on any atom is 0.163 e. The summed E-state index contributed by atoms with van der Waals surface area (Å²) >= 11 is 6.01. The summed E-state index contributed by atoms with van der Waals surface area (Å²) in [4.78, 5) is 4.67. The number of benzene rings is 1. The molecule has 0 bridgehead atoms. The van der Waals surface area contributed by atoms with Crippen molar-refractivity contribution in [2.24, 2.45) is 0 Å². The first-order valence-corrected chi connectivity index (χ1v) is 7.79. The second-order valence-electron chi connectivity index (χ2n) is 5.58. The zero-order chi connectivity index (χ0) is 15.1. The van der Waals surface area contributed by atoms with Gasteiger partial charge in [0.1, 0.15) is 0 Å². The molecule has 0 aliphatic heterocycles. The molecule has 1 aliphatic carbocycles. The fraction of sp³-hybridized carbons (Fsp3) is 0.294. The van der Waals surface area contributed by atoms with E-state index in [1.807, 2.05) is 35.0 Å². The van der Waals surface area contributed by atoms with E-state index < -0.39 is 0 Å². The first-order chi connectivity index (χ1) is 10.8. The third-order valence-electron chi connectivity index (χ3n) is 4.18. The molecule has 0 saturated carbocycles. The van der Waals surface area contributed by atoms with E-state index in [2.05, 4.69) is 4.98 Å². The predicted molar refractivity (Wildman–Crippen MR) is 86.2 cm³/mol. The molecule has 4 nitrogen and oxygen atoms in total. The molecule has 0 atom stereocenters. The number of hydrogen-bond acceptors (Lipinski definition) is 3. The predicted octanol–water partition coefficient (Wildman–Crippen LogP) is 3.68. The monoisotopic (exact) mass is 313 g/mol. The van der Waals surface area contributed by atoms with Crippen molar-refractivity contribution < 1.29 is 4.74 Å². The Bertz CT molecular complexity index is 839. The van der Waals surface area contributed by atoms with Crippen LogP contribution in [0.5, 0.6) is 0 Å². The topological polar surface area (TPSA) is 39.4 Å². The van der Waals surface area contributed by atoms with Crippen molar-refractivity contribution in [3.05, 3.63) is 52.4 Å². The van der Waals surface area contributed by atoms with Crippen LogP contribution in [0.2, 0.25) is 5.02 Å². The molecule has 5 heteroatoms. The lowest BCUT2D eigenvalue weighted by Gasteiger charge is -2.04. The van der Waals surface area contributed by atoms with Gasteiger partial charge in [-0.2, -0.15) is 5.10 Å². The minimum atomic E-state index is 0.468. The molecule has 4 rings (SSSR count). The maximum atomic E-state index is 6.01. The van der Waals surface area contributed by atoms with Crippen molar-refractivity contribution in [1.82, 2.24) is 14.6 Å². The molecule has 0 unspecified atom stereocenters. The summed E-state index contributed by atoms with van der Waals surface area (Å²) in [6, 6.07) is 7.80. The number of methoxy groups -OCH3 is 1. The number of hydrogen-bond donors (Lipinski definition) is 0. The van der Waals surface area contributed by atoms with Gasteiger partial charge in [0.2, 0.25) is 0 Å². The van der Waals surface area contributed by atoms with Gasteiger partial charge >= 0.3 is 0 Å². The van der Waals surface area contributed by atoms with Crippen molar-refractivity contribution >= 4 is 17.2 Å². The number of aryl methyl sites for hydroxylation is 2. The van der Waals surface area contributed by atoms with Crippen molar-refractivity contribution in [3.8, 4) is 11.1 Å². The summed E-state index contributed by atoms with van der Waals surface area (Å²) in [5.74, 6) is 0. The van der Waals surface area contributed by atoms with Crippen LogP contribution in [0, 0.1) is 0 Å². The van der Waals surface area contributed by atoms with E-state index in [0.29, 0.717) is 6.61 Å². The Morgan fingerprint density at radius 1 is 1.23 bits per heavy atom. The number of halogens is 1. The quantitative estimate of drug-likeness (QED) is 0.740. The molecule has 112 valence electrons. The van der Waals surface area contributed by atoms with Crippen molar-refractivity contribution in [2.75, 3.05) is 7.11 Å². The third kappa shape index (κ3) is 2.11. The molecule has 2 aromatic heterocycles. The largest absolute Gasteiger partial charge is 0.378 e. The summed E-state index contributed by atoms with van der Waals surface area (Å²) in [6.45, 7) is 0.468. The molecule has 1 aromatic carbocycles. The molecule has 2 heterocycles. The molecule has 0 spiro atoms. The van der Waals surface area contributed by atoms with E-state index in [1.54, 1.807) is 7.11 Å². The molecule has 0 amide bonds. The van der Waals surface area contributed by atoms with Crippen molar-refractivity contribution in [3.63, 3.8) is 0 Å². The first-order valence-electron chi connectivity index (χ1n) is 7.41. The maximum absolute atomic E-state index is 6.01. The molecule has 22 heavy (non-hydrogen) atoms. The van der Waals surface area contributed by atoms with E-state index in [4.69, 9.17) is 21.4 Å². The van der Waals surface area contributed by atoms with Crippen LogP contribution in [-0.2, 0) is 24.2 Å². The summed E-state index contributed by atoms with van der Waals surface area (Å²) in [6.07, 6.45) is 5.32. The number of nitrogens with zero attached hydrogens (tertiary/aromatic N) is 3. The van der Waals surface area contributed by atoms with Crippen LogP contribution in [0.1, 0.15) is 23.4 Å². The molecular weight excluding hydrogens is 298 g/mol. The van der Waals surface area contributed by atoms with Gasteiger partial charge in [0, 0.05) is 24.0 Å². The van der Waals surface area contributed by atoms with E-state index >= 15 is 0 Å². The van der Waals surface area contributed by atoms with Gasteiger partial charge in [0.15, 0.2) is 5.65 Å². The average molecular weight is 314 g/mol. The van der Waals surface area contributed by atoms with Gasteiger partial charge in [-0.15, -0.1) is 0 Å². The second kappa shape index (κ2) is 5.38. The highest BCUT2D eigenvalue weighted by molar-refractivity contribution is 6.30. The normalized spacial score (nSPS) is 13.7. The van der Waals surface area contributed by atoms with Crippen LogP contribution in [0.15, 0.2) is 30.5 Å². The number of fused-ring (bicyclic) bond motifs is 3. The number of rotatable bonds is 3. The highest BCUT2D eigenvalue weighted by Gasteiger charge is 2.21. The second-order valence-corrected chi connectivity index (χ2v) is 6.02. The summed E-state index contributed by atoms with van der Waals surface area (Å²) in [5, 5.41) is 5.49. The number of ether oxygens (including phenoxy) is 1. The fourth-order valence-electron chi connectivity index (χ4n) is 3.18. The van der Waals surface area contributed by atoms with Crippen LogP contribution in [0.3, 0.4) is 0 Å². The van der Waals surface area contributed by atoms with Gasteiger partial charge in [0.25, 0.3) is 0 Å². The van der Waals surface area contributed by atoms with Gasteiger partial charge in [-0.25, -0.2) is 9.50 Å². The molecule has 3 aromatic rings. The lowest BCUT2D eigenvalue weighted by atomic mass is 10.1. The van der Waals surface area contributed by atoms with Gasteiger partial charge in [-0.3, -0.25) is 0 Å². The van der Waals surface area contributed by atoms with E-state index in [0.717, 1.165) is 40.3 Å². The summed E-state index contributed by atoms with van der Waals surface area (Å²) in [7, 11) is 1.69. The van der Waals surface area contributed by atoms with Gasteiger partial charge in [-0.1, -0.05) is 23.7 Å². The highest BCUT2D eigenvalue weighted by atomic mass is 35.5. The van der Waals surface area contributed by atoms with Crippen LogP contribution < -0.4 is 0 Å². The van der Waals surface area contributed by atoms with Crippen molar-refractivity contribution in [1.29, 1.82) is 0 Å². The number of aromatic nitrogens is 3. The standard InChI is InChI=1S/C17H16ClN3O/c1-22-10-14-16(11-5-7-13(18)8-6-11)17-19-9-12-3-2-4-15(12)21(17)20-14/h5-9H,2-4,10H2,1H3. The van der Waals surface area contributed by atoms with Crippen LogP contribution in [0.4, 0.5) is 0 Å². The van der Waals surface area contributed by atoms with Crippen LogP contribution in [0.25, 0.3) is 16.8 Å². The highest BCUT2D eigenvalue weighted by Crippen LogP contribution is 2.32. The molecule has 0 fully saturated rings. The first kappa shape index (κ1) is 13.7. The Kier molecular flexibility index (Phi) is 3.36. The van der Waals surface area contributed by atoms with E-state index in [-0.39, 0.29) is 0 Å². The summed E-state index contributed by atoms with van der Waals surface area (Å²) in [5.41, 5.74) is 6.50. The van der Waals surface area contributed by atoms with Crippen LogP contribution >= 0.6 is 11.6 Å². The third-order valence-corrected chi connectivity index (χ3v) is 4.43. The summed E-state index contributed by atoms with van der Waals surface area (Å²) < 4.78 is 7.33. The SMILES string of the molecule is COCc1nn2c3c(cnc2c1-c1ccc(Cl)cc1)CCC3. The molecule has 0 radical (unpaired) electrons. The molecule has 0 N–H and O–H groups in total. The molecule has 0 saturated heterocycles. The lowest BCUT2D eigenvalue weighted by molar-refractivity contribution is 0.181. The Morgan fingerprint density at radius 2 is 2.05 bits per heavy atom. The zero-order valence-electron chi connectivity index (χ0n) is 12.3. The van der Waals surface area contributed by atoms with Crippen LogP contribution in [-0.4, -0.2) is 21.7 Å². The van der Waals surface area contributed by atoms with E-state index in [9.17, 15) is 0 Å². The molecule has 1 aliphatic rings. The van der Waals surface area contributed by atoms with Gasteiger partial charge in [-0.05, 0) is 42.5 Å². The minimum absolute atomic E-state index is 0.468. The average Bonchev–Trinajstić information content (AvgIpc) is 3.12. The Balaban J connectivity index is 1.99. The lowest BCUT2D eigenvalue weighted by Crippen LogP contribution is -2.00. The Hall–Kier alpha value is -1.91. The Labute approximate surface area is 133 Å². The Morgan fingerprint density at radius 3 is 2.82 bits per heavy atom. The van der Waals surface area contributed by atoms with Gasteiger partial charge in [0.05, 0.1) is 17.9 Å². The molecular formula is C17H16ClN3O.